The van der Waals surface area contributed by atoms with Crippen LogP contribution in [0, 0.1) is 0 Å². The molecule has 0 heterocycles. The third-order valence-corrected chi connectivity index (χ3v) is 7.83. The van der Waals surface area contributed by atoms with Crippen molar-refractivity contribution in [2.75, 3.05) is 13.2 Å². The highest BCUT2D eigenvalue weighted by Crippen LogP contribution is 2.62. The first-order chi connectivity index (χ1) is 26.4. The fourth-order valence-electron chi connectivity index (χ4n) is 4.28. The molecule has 30 heteroatoms. The molecule has 0 saturated carbocycles. The monoisotopic (exact) mass is 934 g/mol. The Hall–Kier alpha value is -4.44. The number of rotatable bonds is 17. The molecule has 2 aromatic carbocycles. The molecule has 4 nitrogen and oxygen atoms in total. The second kappa shape index (κ2) is 15.8. The molecule has 0 atom stereocenters. The molecule has 0 aromatic heterocycles. The number of carbonyl (C=O) groups excluding carboxylic acids is 2. The zero-order valence-corrected chi connectivity index (χ0v) is 27.9. The Morgan fingerprint density at radius 3 is 0.867 bits per heavy atom. The Balaban J connectivity index is 2.19. The summed E-state index contributed by atoms with van der Waals surface area (Å²) < 4.78 is 353. The summed E-state index contributed by atoms with van der Waals surface area (Å²) in [7, 11) is 0. The summed E-state index contributed by atoms with van der Waals surface area (Å²) in [5.74, 6) is -80.8. The van der Waals surface area contributed by atoms with Crippen LogP contribution < -0.4 is 0 Å². The van der Waals surface area contributed by atoms with Gasteiger partial charge in [-0.3, -0.25) is 0 Å². The lowest BCUT2D eigenvalue weighted by Gasteiger charge is -2.39. The fourth-order valence-corrected chi connectivity index (χ4v) is 4.28. The van der Waals surface area contributed by atoms with Crippen LogP contribution in [0.15, 0.2) is 48.5 Å². The smallest absolute Gasteiger partial charge is 0.460 e. The summed E-state index contributed by atoms with van der Waals surface area (Å²) in [4.78, 5) is 24.6. The van der Waals surface area contributed by atoms with Crippen molar-refractivity contribution in [3.05, 3.63) is 59.7 Å². The minimum Gasteiger partial charge on any atom is -0.462 e. The van der Waals surface area contributed by atoms with E-state index in [1.54, 1.807) is 0 Å². The van der Waals surface area contributed by atoms with Gasteiger partial charge in [-0.15, -0.1) is 0 Å². The zero-order chi connectivity index (χ0) is 47.4. The number of ether oxygens (including phenoxy) is 2. The lowest BCUT2D eigenvalue weighted by Crippen LogP contribution is -2.70. The van der Waals surface area contributed by atoms with Gasteiger partial charge in [0.2, 0.25) is 0 Å². The minimum absolute atomic E-state index is 0.284. The first-order valence-corrected chi connectivity index (χ1v) is 14.9. The normalized spacial score (nSPS) is 14.9. The summed E-state index contributed by atoms with van der Waals surface area (Å²) in [6, 6.07) is 6.59. The van der Waals surface area contributed by atoms with Gasteiger partial charge in [-0.1, -0.05) is 24.3 Å². The van der Waals surface area contributed by atoms with Crippen LogP contribution in [0.2, 0.25) is 0 Å². The molecule has 342 valence electrons. The van der Waals surface area contributed by atoms with Crippen molar-refractivity contribution in [3.8, 4) is 11.1 Å². The van der Waals surface area contributed by atoms with E-state index in [1.165, 1.54) is 0 Å². The summed E-state index contributed by atoms with van der Waals surface area (Å²) in [5, 5.41) is 0. The van der Waals surface area contributed by atoms with Crippen molar-refractivity contribution in [1.82, 2.24) is 0 Å². The number of esters is 2. The van der Waals surface area contributed by atoms with Crippen molar-refractivity contribution >= 4 is 11.9 Å². The van der Waals surface area contributed by atoms with Crippen LogP contribution in [0.25, 0.3) is 11.1 Å². The molecule has 0 fully saturated rings. The van der Waals surface area contributed by atoms with E-state index in [9.17, 15) is 124 Å². The van der Waals surface area contributed by atoms with Crippen molar-refractivity contribution in [2.45, 2.75) is 84.4 Å². The molecule has 0 unspecified atom stereocenters. The van der Waals surface area contributed by atoms with Crippen LogP contribution in [-0.4, -0.2) is 96.7 Å². The molecule has 0 radical (unpaired) electrons. The van der Waals surface area contributed by atoms with Gasteiger partial charge in [-0.2, -0.15) is 114 Å². The second-order valence-corrected chi connectivity index (χ2v) is 11.9. The highest BCUT2D eigenvalue weighted by Gasteiger charge is 2.92. The standard InChI is InChI=1S/C30H16F26O4/c31-19(32,21(35,36)23(39,40)25(43,44)27(47,48)29(51,52)53)7-9-59-17(57)15-5-1-3-13(11-15)14-4-2-6-16(12-14)18(58)60-10-8-20(33,34)22(37,38)24(41,42)26(45,46)28(49,50)30(54,55)56/h1-6,11-12H,7-10H2. The van der Waals surface area contributed by atoms with Crippen LogP contribution in [0.5, 0.6) is 0 Å². The average Bonchev–Trinajstić information content (AvgIpc) is 3.09. The maximum Gasteiger partial charge on any atom is 0.460 e. The molecule has 0 bridgehead atoms. The van der Waals surface area contributed by atoms with E-state index >= 15 is 0 Å². The number of hydrogen-bond donors (Lipinski definition) is 0. The number of halogens is 26. The van der Waals surface area contributed by atoms with Crippen LogP contribution in [0.4, 0.5) is 114 Å². The quantitative estimate of drug-likeness (QED) is 0.117. The van der Waals surface area contributed by atoms with Crippen LogP contribution >= 0.6 is 0 Å². The van der Waals surface area contributed by atoms with Crippen molar-refractivity contribution in [3.63, 3.8) is 0 Å². The maximum atomic E-state index is 14.0. The van der Waals surface area contributed by atoms with E-state index in [4.69, 9.17) is 0 Å². The Bertz CT molecular complexity index is 1730. The topological polar surface area (TPSA) is 52.6 Å². The zero-order valence-electron chi connectivity index (χ0n) is 27.9. The largest absolute Gasteiger partial charge is 0.462 e. The van der Waals surface area contributed by atoms with E-state index in [0.29, 0.717) is 12.1 Å². The van der Waals surface area contributed by atoms with E-state index in [2.05, 4.69) is 9.47 Å². The average molecular weight is 934 g/mol. The summed E-state index contributed by atoms with van der Waals surface area (Å²) in [5.41, 5.74) is -2.19. The molecule has 0 spiro atoms. The molecule has 2 rings (SSSR count). The Morgan fingerprint density at radius 1 is 0.367 bits per heavy atom. The predicted octanol–water partition coefficient (Wildman–Crippen LogP) is 11.9. The molecule has 0 aliphatic rings. The highest BCUT2D eigenvalue weighted by atomic mass is 19.4. The van der Waals surface area contributed by atoms with Crippen molar-refractivity contribution in [1.29, 1.82) is 0 Å². The Kier molecular flexibility index (Phi) is 13.6. The number of benzene rings is 2. The van der Waals surface area contributed by atoms with Gasteiger partial charge in [0.25, 0.3) is 0 Å². The SMILES string of the molecule is O=C(OCCC(F)(F)C(F)(F)C(F)(F)C(F)(F)C(F)(F)C(F)(F)F)c1cccc(-c2cccc(C(=O)OCCC(F)(F)C(F)(F)C(F)(F)C(F)(F)C(F)(F)C(F)(F)F)c2)c1. The first-order valence-electron chi connectivity index (χ1n) is 14.9. The molecule has 2 aromatic rings. The van der Waals surface area contributed by atoms with Gasteiger partial charge in [-0.25, -0.2) is 9.59 Å². The Morgan fingerprint density at radius 2 is 0.617 bits per heavy atom. The van der Waals surface area contributed by atoms with E-state index < -0.39 is 121 Å². The van der Waals surface area contributed by atoms with Crippen LogP contribution in [0.1, 0.15) is 33.6 Å². The molecule has 0 aliphatic heterocycles. The lowest BCUT2D eigenvalue weighted by molar-refractivity contribution is -0.440. The predicted molar refractivity (Wildman–Crippen MR) is 143 cm³/mol. The summed E-state index contributed by atoms with van der Waals surface area (Å²) in [6.45, 7) is -4.29. The number of hydrogen-bond acceptors (Lipinski definition) is 4. The van der Waals surface area contributed by atoms with Crippen molar-refractivity contribution < 1.29 is 133 Å². The highest BCUT2D eigenvalue weighted by molar-refractivity contribution is 5.93. The van der Waals surface area contributed by atoms with Gasteiger partial charge in [0.1, 0.15) is 0 Å². The summed E-state index contributed by atoms with van der Waals surface area (Å²) >= 11 is 0. The summed E-state index contributed by atoms with van der Waals surface area (Å²) in [6.07, 6.45) is -21.1. The maximum absolute atomic E-state index is 14.0. The Labute approximate surface area is 314 Å². The molecule has 0 N–H and O–H groups in total. The van der Waals surface area contributed by atoms with Gasteiger partial charge in [0.05, 0.1) is 37.2 Å². The van der Waals surface area contributed by atoms with Gasteiger partial charge in [-0.05, 0) is 35.4 Å². The van der Waals surface area contributed by atoms with E-state index in [-0.39, 0.29) is 11.1 Å². The third-order valence-electron chi connectivity index (χ3n) is 7.83. The van der Waals surface area contributed by atoms with Gasteiger partial charge in [0, 0.05) is 0 Å². The molecule has 60 heavy (non-hydrogen) atoms. The van der Waals surface area contributed by atoms with E-state index in [0.717, 1.165) is 36.4 Å². The molecular formula is C30H16F26O4. The molecule has 0 amide bonds. The molecular weight excluding hydrogens is 918 g/mol. The third kappa shape index (κ3) is 8.55. The first kappa shape index (κ1) is 51.7. The van der Waals surface area contributed by atoms with E-state index in [1.807, 2.05) is 0 Å². The number of alkyl halides is 26. The van der Waals surface area contributed by atoms with Gasteiger partial charge < -0.3 is 9.47 Å². The minimum atomic E-state index is -8.18. The van der Waals surface area contributed by atoms with Crippen LogP contribution in [-0.2, 0) is 9.47 Å². The fraction of sp³-hybridized carbons (Fsp3) is 0.533. The molecule has 0 saturated heterocycles. The molecule has 0 aliphatic carbocycles. The lowest BCUT2D eigenvalue weighted by atomic mass is 9.93. The van der Waals surface area contributed by atoms with Crippen molar-refractivity contribution in [2.24, 2.45) is 0 Å². The number of carbonyl (C=O) groups is 2. The van der Waals surface area contributed by atoms with Gasteiger partial charge in [0.15, 0.2) is 0 Å². The van der Waals surface area contributed by atoms with Gasteiger partial charge >= 0.3 is 83.5 Å². The van der Waals surface area contributed by atoms with Crippen LogP contribution in [0.3, 0.4) is 0 Å². The second-order valence-electron chi connectivity index (χ2n) is 11.9.